The zero-order valence-electron chi connectivity index (χ0n) is 16.1. The van der Waals surface area contributed by atoms with E-state index in [9.17, 15) is 9.59 Å². The average molecular weight is 368 g/mol. The predicted octanol–water partition coefficient (Wildman–Crippen LogP) is 2.70. The Morgan fingerprint density at radius 2 is 1.93 bits per heavy atom. The fourth-order valence-electron chi connectivity index (χ4n) is 3.66. The normalized spacial score (nSPS) is 16.1. The van der Waals surface area contributed by atoms with E-state index in [-0.39, 0.29) is 23.8 Å². The monoisotopic (exact) mass is 368 g/mol. The minimum absolute atomic E-state index is 0.0261. The molecule has 1 aromatic heterocycles. The lowest BCUT2D eigenvalue weighted by atomic mass is 9.94. The molecule has 2 heterocycles. The van der Waals surface area contributed by atoms with E-state index in [1.807, 2.05) is 36.2 Å². The molecule has 1 aliphatic rings. The molecule has 3 rings (SSSR count). The Labute approximate surface area is 160 Å². The second kappa shape index (κ2) is 8.84. The number of nitrogens with zero attached hydrogens (tertiary/aromatic N) is 3. The average Bonchev–Trinajstić information content (AvgIpc) is 3.10. The van der Waals surface area contributed by atoms with Crippen LogP contribution in [0.25, 0.3) is 0 Å². The Bertz CT molecular complexity index is 763. The highest BCUT2D eigenvalue weighted by molar-refractivity contribution is 5.80. The summed E-state index contributed by atoms with van der Waals surface area (Å²) >= 11 is 0. The topological polar surface area (TPSA) is 67.2 Å². The van der Waals surface area contributed by atoms with Gasteiger partial charge < -0.3 is 14.8 Å². The summed E-state index contributed by atoms with van der Waals surface area (Å²) < 4.78 is 2.10. The molecule has 1 aliphatic heterocycles. The highest BCUT2D eigenvalue weighted by Crippen LogP contribution is 2.22. The van der Waals surface area contributed by atoms with Crippen molar-refractivity contribution in [3.05, 3.63) is 54.1 Å². The molecule has 1 aromatic carbocycles. The minimum Gasteiger partial charge on any atom is -0.349 e. The molecule has 1 atom stereocenters. The molecule has 0 aliphatic carbocycles. The van der Waals surface area contributed by atoms with Crippen LogP contribution in [-0.4, -0.2) is 39.4 Å². The van der Waals surface area contributed by atoms with E-state index < -0.39 is 0 Å². The van der Waals surface area contributed by atoms with Gasteiger partial charge in [0.15, 0.2) is 0 Å². The molecule has 0 radical (unpaired) electrons. The van der Waals surface area contributed by atoms with Gasteiger partial charge in [0.05, 0.1) is 6.04 Å². The van der Waals surface area contributed by atoms with Gasteiger partial charge in [0.1, 0.15) is 5.82 Å². The third kappa shape index (κ3) is 4.96. The molecule has 6 heteroatoms. The molecule has 1 saturated heterocycles. The molecular formula is C21H28N4O2. The van der Waals surface area contributed by atoms with Crippen molar-refractivity contribution in [2.24, 2.45) is 5.92 Å². The first-order valence-corrected chi connectivity index (χ1v) is 9.63. The number of imidazole rings is 1. The van der Waals surface area contributed by atoms with Crippen LogP contribution in [0, 0.1) is 12.8 Å². The first-order chi connectivity index (χ1) is 13.0. The summed E-state index contributed by atoms with van der Waals surface area (Å²) in [6.07, 6.45) is 6.03. The molecule has 27 heavy (non-hydrogen) atoms. The Morgan fingerprint density at radius 3 is 2.52 bits per heavy atom. The number of rotatable bonds is 6. The molecule has 0 saturated carbocycles. The van der Waals surface area contributed by atoms with Gasteiger partial charge in [-0.15, -0.1) is 0 Å². The number of hydrogen-bond acceptors (Lipinski definition) is 3. The van der Waals surface area contributed by atoms with Gasteiger partial charge in [-0.25, -0.2) is 4.98 Å². The van der Waals surface area contributed by atoms with Crippen LogP contribution >= 0.6 is 0 Å². The number of hydrogen-bond donors (Lipinski definition) is 1. The highest BCUT2D eigenvalue weighted by atomic mass is 16.2. The first-order valence-electron chi connectivity index (χ1n) is 9.63. The van der Waals surface area contributed by atoms with Gasteiger partial charge in [0.25, 0.3) is 0 Å². The predicted molar refractivity (Wildman–Crippen MR) is 104 cm³/mol. The SMILES string of the molecule is CC(=O)N1CCC(C(=O)NC(CCn2ccnc2C)c2ccccc2)CC1. The van der Waals surface area contributed by atoms with Crippen LogP contribution in [0.3, 0.4) is 0 Å². The molecule has 0 bridgehead atoms. The van der Waals surface area contributed by atoms with Crippen molar-refractivity contribution in [3.8, 4) is 0 Å². The van der Waals surface area contributed by atoms with Crippen LogP contribution in [-0.2, 0) is 16.1 Å². The van der Waals surface area contributed by atoms with Crippen molar-refractivity contribution in [2.45, 2.75) is 45.7 Å². The number of nitrogens with one attached hydrogen (secondary N) is 1. The number of benzene rings is 1. The summed E-state index contributed by atoms with van der Waals surface area (Å²) in [6, 6.07) is 10.1. The summed E-state index contributed by atoms with van der Waals surface area (Å²) in [4.78, 5) is 30.4. The molecule has 0 spiro atoms. The summed E-state index contributed by atoms with van der Waals surface area (Å²) in [7, 11) is 0. The van der Waals surface area contributed by atoms with E-state index in [2.05, 4.69) is 27.0 Å². The van der Waals surface area contributed by atoms with Crippen LogP contribution in [0.5, 0.6) is 0 Å². The fraction of sp³-hybridized carbons (Fsp3) is 0.476. The number of amides is 2. The summed E-state index contributed by atoms with van der Waals surface area (Å²) in [5.41, 5.74) is 1.12. The van der Waals surface area contributed by atoms with E-state index in [4.69, 9.17) is 0 Å². The number of aryl methyl sites for hydroxylation is 2. The molecule has 1 fully saturated rings. The van der Waals surface area contributed by atoms with Crippen molar-refractivity contribution in [1.82, 2.24) is 19.8 Å². The van der Waals surface area contributed by atoms with Crippen molar-refractivity contribution in [2.75, 3.05) is 13.1 Å². The lowest BCUT2D eigenvalue weighted by molar-refractivity contribution is -0.134. The highest BCUT2D eigenvalue weighted by Gasteiger charge is 2.27. The van der Waals surface area contributed by atoms with E-state index in [0.717, 1.165) is 37.2 Å². The van der Waals surface area contributed by atoms with Gasteiger partial charge in [-0.3, -0.25) is 9.59 Å². The van der Waals surface area contributed by atoms with Gasteiger partial charge in [-0.1, -0.05) is 30.3 Å². The molecule has 6 nitrogen and oxygen atoms in total. The fourth-order valence-corrected chi connectivity index (χ4v) is 3.66. The first kappa shape index (κ1) is 19.1. The van der Waals surface area contributed by atoms with Gasteiger partial charge in [0, 0.05) is 44.9 Å². The van der Waals surface area contributed by atoms with Gasteiger partial charge in [-0.05, 0) is 31.7 Å². The number of carbonyl (C=O) groups is 2. The van der Waals surface area contributed by atoms with E-state index in [1.165, 1.54) is 0 Å². The summed E-state index contributed by atoms with van der Waals surface area (Å²) in [5.74, 6) is 1.13. The third-order valence-corrected chi connectivity index (χ3v) is 5.41. The lowest BCUT2D eigenvalue weighted by Gasteiger charge is -2.31. The Hall–Kier alpha value is -2.63. The van der Waals surface area contributed by atoms with Crippen LogP contribution in [0.15, 0.2) is 42.7 Å². The molecule has 2 amide bonds. The van der Waals surface area contributed by atoms with Gasteiger partial charge in [-0.2, -0.15) is 0 Å². The molecule has 1 N–H and O–H groups in total. The molecule has 2 aromatic rings. The Kier molecular flexibility index (Phi) is 6.27. The Morgan fingerprint density at radius 1 is 1.22 bits per heavy atom. The molecule has 1 unspecified atom stereocenters. The number of likely N-dealkylation sites (tertiary alicyclic amines) is 1. The van der Waals surface area contributed by atoms with Crippen molar-refractivity contribution >= 4 is 11.8 Å². The standard InChI is InChI=1S/C21H28N4O2/c1-16-22-11-15-24(16)14-10-20(18-6-4-3-5-7-18)23-21(27)19-8-12-25(13-9-19)17(2)26/h3-7,11,15,19-20H,8-10,12-14H2,1-2H3,(H,23,27). The second-order valence-electron chi connectivity index (χ2n) is 7.21. The Balaban J connectivity index is 1.63. The number of carbonyl (C=O) groups excluding carboxylic acids is 2. The van der Waals surface area contributed by atoms with Gasteiger partial charge in [0.2, 0.25) is 11.8 Å². The maximum Gasteiger partial charge on any atom is 0.223 e. The van der Waals surface area contributed by atoms with Crippen molar-refractivity contribution in [3.63, 3.8) is 0 Å². The smallest absolute Gasteiger partial charge is 0.223 e. The lowest BCUT2D eigenvalue weighted by Crippen LogP contribution is -2.43. The largest absolute Gasteiger partial charge is 0.349 e. The quantitative estimate of drug-likeness (QED) is 0.852. The van der Waals surface area contributed by atoms with Crippen LogP contribution in [0.2, 0.25) is 0 Å². The second-order valence-corrected chi connectivity index (χ2v) is 7.21. The van der Waals surface area contributed by atoms with E-state index in [0.29, 0.717) is 13.1 Å². The summed E-state index contributed by atoms with van der Waals surface area (Å²) in [6.45, 7) is 5.70. The van der Waals surface area contributed by atoms with Crippen molar-refractivity contribution in [1.29, 1.82) is 0 Å². The minimum atomic E-state index is -0.0358. The zero-order chi connectivity index (χ0) is 19.2. The zero-order valence-corrected chi connectivity index (χ0v) is 16.1. The van der Waals surface area contributed by atoms with Gasteiger partial charge >= 0.3 is 0 Å². The summed E-state index contributed by atoms with van der Waals surface area (Å²) in [5, 5.41) is 3.25. The maximum absolute atomic E-state index is 12.9. The van der Waals surface area contributed by atoms with E-state index >= 15 is 0 Å². The van der Waals surface area contributed by atoms with Crippen LogP contribution < -0.4 is 5.32 Å². The number of piperidine rings is 1. The third-order valence-electron chi connectivity index (χ3n) is 5.41. The van der Waals surface area contributed by atoms with E-state index in [1.54, 1.807) is 13.1 Å². The maximum atomic E-state index is 12.9. The van der Waals surface area contributed by atoms with Crippen LogP contribution in [0.4, 0.5) is 0 Å². The van der Waals surface area contributed by atoms with Crippen molar-refractivity contribution < 1.29 is 9.59 Å². The van der Waals surface area contributed by atoms with Crippen LogP contribution in [0.1, 0.15) is 43.6 Å². The molecular weight excluding hydrogens is 340 g/mol. The number of aromatic nitrogens is 2. The molecule has 144 valence electrons.